The Balaban J connectivity index is 1.83. The van der Waals surface area contributed by atoms with Gasteiger partial charge in [0.25, 0.3) is 0 Å². The van der Waals surface area contributed by atoms with Crippen molar-refractivity contribution >= 4 is 34.1 Å². The molecule has 0 aromatic heterocycles. The van der Waals surface area contributed by atoms with E-state index in [2.05, 4.69) is 0 Å². The minimum atomic E-state index is -0.425. The summed E-state index contributed by atoms with van der Waals surface area (Å²) in [4.78, 5) is 3.68. The largest absolute Gasteiger partial charge is 0.309 e. The van der Waals surface area contributed by atoms with Crippen LogP contribution in [0.15, 0.2) is 91.0 Å². The molecule has 0 N–H and O–H groups in total. The molecule has 0 saturated carbocycles. The molecule has 0 spiro atoms. The second-order valence-electron chi connectivity index (χ2n) is 10.3. The number of nitrogens with zero attached hydrogens (tertiary/aromatic N) is 2. The van der Waals surface area contributed by atoms with Crippen LogP contribution < -0.4 is 9.80 Å². The third-order valence-electron chi connectivity index (χ3n) is 7.41. The van der Waals surface area contributed by atoms with E-state index in [1.165, 1.54) is 48.5 Å². The van der Waals surface area contributed by atoms with E-state index >= 15 is 0 Å². The molecule has 0 bridgehead atoms. The zero-order valence-electron chi connectivity index (χ0n) is 23.6. The van der Waals surface area contributed by atoms with Crippen molar-refractivity contribution in [3.8, 4) is 0 Å². The molecule has 0 amide bonds. The number of hydrogen-bond donors (Lipinski definition) is 0. The zero-order chi connectivity index (χ0) is 29.4. The van der Waals surface area contributed by atoms with E-state index in [-0.39, 0.29) is 0 Å². The molecule has 0 fully saturated rings. The van der Waals surface area contributed by atoms with Gasteiger partial charge < -0.3 is 9.80 Å². The highest BCUT2D eigenvalue weighted by molar-refractivity contribution is 5.88. The van der Waals surface area contributed by atoms with Gasteiger partial charge >= 0.3 is 0 Å². The lowest BCUT2D eigenvalue weighted by atomic mass is 10.0. The van der Waals surface area contributed by atoms with Crippen molar-refractivity contribution in [3.63, 3.8) is 0 Å². The molecule has 0 aliphatic heterocycles. The molecule has 5 rings (SSSR count). The predicted molar refractivity (Wildman–Crippen MR) is 159 cm³/mol. The Kier molecular flexibility index (Phi) is 7.59. The summed E-state index contributed by atoms with van der Waals surface area (Å²) in [6, 6.07) is 23.6. The molecule has 6 heteroatoms. The molecule has 0 heterocycles. The van der Waals surface area contributed by atoms with Gasteiger partial charge in [-0.1, -0.05) is 30.3 Å². The second-order valence-corrected chi connectivity index (χ2v) is 10.3. The summed E-state index contributed by atoms with van der Waals surface area (Å²) in [5.74, 6) is -1.70. The maximum absolute atomic E-state index is 14.7. The van der Waals surface area contributed by atoms with Gasteiger partial charge in [-0.3, -0.25) is 0 Å². The Morgan fingerprint density at radius 1 is 0.366 bits per heavy atom. The van der Waals surface area contributed by atoms with E-state index in [1.807, 2.05) is 62.6 Å². The monoisotopic (exact) mass is 554 g/mol. The molecule has 41 heavy (non-hydrogen) atoms. The number of hydrogen-bond acceptors (Lipinski definition) is 2. The fourth-order valence-electron chi connectivity index (χ4n) is 5.17. The van der Waals surface area contributed by atoms with Crippen LogP contribution in [0.4, 0.5) is 51.7 Å². The number of anilines is 6. The highest BCUT2D eigenvalue weighted by Gasteiger charge is 2.25. The molecular formula is C35H30F4N2. The molecule has 0 saturated heterocycles. The minimum Gasteiger partial charge on any atom is -0.309 e. The molecule has 208 valence electrons. The van der Waals surface area contributed by atoms with Gasteiger partial charge in [0.2, 0.25) is 0 Å². The maximum atomic E-state index is 14.7. The number of aryl methyl sites for hydroxylation is 4. The highest BCUT2D eigenvalue weighted by Crippen LogP contribution is 2.46. The maximum Gasteiger partial charge on any atom is 0.125 e. The number of rotatable bonds is 6. The Hall–Kier alpha value is -4.58. The summed E-state index contributed by atoms with van der Waals surface area (Å²) < 4.78 is 58.6. The summed E-state index contributed by atoms with van der Waals surface area (Å²) in [5.41, 5.74) is 7.44. The van der Waals surface area contributed by atoms with Crippen molar-refractivity contribution in [2.45, 2.75) is 34.6 Å². The molecule has 5 aromatic carbocycles. The van der Waals surface area contributed by atoms with Crippen LogP contribution in [-0.4, -0.2) is 0 Å². The number of halogens is 4. The van der Waals surface area contributed by atoms with Gasteiger partial charge in [-0.25, -0.2) is 17.6 Å². The lowest BCUT2D eigenvalue weighted by Gasteiger charge is -2.34. The van der Waals surface area contributed by atoms with Gasteiger partial charge in [-0.05, 0) is 123 Å². The van der Waals surface area contributed by atoms with Crippen LogP contribution in [0, 0.1) is 57.9 Å². The molecule has 0 aliphatic carbocycles. The first-order chi connectivity index (χ1) is 19.5. The van der Waals surface area contributed by atoms with Crippen molar-refractivity contribution in [1.29, 1.82) is 0 Å². The van der Waals surface area contributed by atoms with Gasteiger partial charge in [0.05, 0.1) is 34.1 Å². The average molecular weight is 555 g/mol. The zero-order valence-corrected chi connectivity index (χ0v) is 23.6. The first kappa shape index (κ1) is 28.0. The van der Waals surface area contributed by atoms with Crippen molar-refractivity contribution in [3.05, 3.63) is 142 Å². The summed E-state index contributed by atoms with van der Waals surface area (Å²) in [5, 5.41) is 0. The fraction of sp³-hybridized carbons (Fsp3) is 0.143. The predicted octanol–water partition coefficient (Wildman–Crippen LogP) is 10.7. The molecule has 2 nitrogen and oxygen atoms in total. The second kappa shape index (κ2) is 11.1. The standard InChI is InChI=1S/C35H30F4N2/c1-21-9-13-26(36)17-32(21)40(33-18-27(37)14-10-22(33)2)30-7-6-8-31(25(30)5)41(34-19-28(38)15-11-23(34)3)35-20-29(39)16-12-24(35)4/h6-20H,1-5H3. The Morgan fingerprint density at radius 3 is 0.902 bits per heavy atom. The van der Waals surface area contributed by atoms with E-state index in [4.69, 9.17) is 0 Å². The van der Waals surface area contributed by atoms with Crippen LogP contribution in [0.1, 0.15) is 27.8 Å². The smallest absolute Gasteiger partial charge is 0.125 e. The quantitative estimate of drug-likeness (QED) is 0.193. The van der Waals surface area contributed by atoms with E-state index < -0.39 is 23.3 Å². The third-order valence-corrected chi connectivity index (χ3v) is 7.41. The molecule has 5 aromatic rings. The Morgan fingerprint density at radius 2 is 0.634 bits per heavy atom. The Labute approximate surface area is 238 Å². The van der Waals surface area contributed by atoms with Crippen molar-refractivity contribution in [1.82, 2.24) is 0 Å². The summed E-state index contributed by atoms with van der Waals surface area (Å²) in [6.07, 6.45) is 0. The van der Waals surface area contributed by atoms with Gasteiger partial charge in [0.15, 0.2) is 0 Å². The van der Waals surface area contributed by atoms with E-state index in [0.29, 0.717) is 34.1 Å². The fourth-order valence-corrected chi connectivity index (χ4v) is 5.17. The summed E-state index contributed by atoms with van der Waals surface area (Å²) in [6.45, 7) is 9.38. The average Bonchev–Trinajstić information content (AvgIpc) is 2.93. The first-order valence-corrected chi connectivity index (χ1v) is 13.3. The van der Waals surface area contributed by atoms with Gasteiger partial charge in [-0.15, -0.1) is 0 Å². The van der Waals surface area contributed by atoms with Crippen LogP contribution in [0.25, 0.3) is 0 Å². The van der Waals surface area contributed by atoms with Gasteiger partial charge in [-0.2, -0.15) is 0 Å². The van der Waals surface area contributed by atoms with Crippen LogP contribution in [0.2, 0.25) is 0 Å². The minimum absolute atomic E-state index is 0.425. The van der Waals surface area contributed by atoms with Crippen LogP contribution >= 0.6 is 0 Å². The lowest BCUT2D eigenvalue weighted by molar-refractivity contribution is 0.626. The Bertz CT molecular complexity index is 1530. The van der Waals surface area contributed by atoms with E-state index in [0.717, 1.165) is 27.8 Å². The number of benzene rings is 5. The third kappa shape index (κ3) is 5.42. The van der Waals surface area contributed by atoms with Crippen LogP contribution in [-0.2, 0) is 0 Å². The van der Waals surface area contributed by atoms with Crippen LogP contribution in [0.5, 0.6) is 0 Å². The van der Waals surface area contributed by atoms with Gasteiger partial charge in [0.1, 0.15) is 23.3 Å². The van der Waals surface area contributed by atoms with Crippen molar-refractivity contribution < 1.29 is 17.6 Å². The van der Waals surface area contributed by atoms with Crippen molar-refractivity contribution in [2.75, 3.05) is 9.80 Å². The molecular weight excluding hydrogens is 524 g/mol. The van der Waals surface area contributed by atoms with Crippen molar-refractivity contribution in [2.24, 2.45) is 0 Å². The topological polar surface area (TPSA) is 6.48 Å². The summed E-state index contributed by atoms with van der Waals surface area (Å²) in [7, 11) is 0. The lowest BCUT2D eigenvalue weighted by Crippen LogP contribution is -2.18. The molecule has 0 radical (unpaired) electrons. The normalized spacial score (nSPS) is 11.0. The molecule has 0 atom stereocenters. The first-order valence-electron chi connectivity index (χ1n) is 13.3. The van der Waals surface area contributed by atoms with Gasteiger partial charge in [0, 0.05) is 0 Å². The highest BCUT2D eigenvalue weighted by atomic mass is 19.1. The molecule has 0 unspecified atom stereocenters. The summed E-state index contributed by atoms with van der Waals surface area (Å²) >= 11 is 0. The van der Waals surface area contributed by atoms with Crippen LogP contribution in [0.3, 0.4) is 0 Å². The van der Waals surface area contributed by atoms with E-state index in [1.54, 1.807) is 24.3 Å². The molecule has 0 aliphatic rings. The SMILES string of the molecule is Cc1ccc(F)cc1N(c1cc(F)ccc1C)c1cccc(N(c2cc(F)ccc2C)c2cc(F)ccc2C)c1C. The van der Waals surface area contributed by atoms with E-state index in [9.17, 15) is 17.6 Å².